The monoisotopic (exact) mass is 403 g/mol. The maximum atomic E-state index is 13.1. The lowest BCUT2D eigenvalue weighted by molar-refractivity contribution is 0.0951. The second kappa shape index (κ2) is 7.52. The van der Waals surface area contributed by atoms with Crippen LogP contribution in [-0.4, -0.2) is 50.9 Å². The minimum Gasteiger partial charge on any atom is -0.369 e. The highest BCUT2D eigenvalue weighted by atomic mass is 32.2. The summed E-state index contributed by atoms with van der Waals surface area (Å²) in [7, 11) is -3.68. The van der Waals surface area contributed by atoms with Gasteiger partial charge in [0.15, 0.2) is 0 Å². The number of amides is 1. The highest BCUT2D eigenvalue weighted by Gasteiger charge is 2.30. The Balaban J connectivity index is 1.45. The Kier molecular flexibility index (Phi) is 5.07. The predicted molar refractivity (Wildman–Crippen MR) is 104 cm³/mol. The molecule has 1 aliphatic carbocycles. The standard InChI is InChI=1S/C20H22FN3O3S/c21-16-4-8-18(9-5-16)23-10-12-24(13-11-23)28(26,27)19-3-1-2-15(14-19)20(25)22-17-6-7-17/h1-5,8-9,14,17H,6-7,10-13H2,(H,22,25). The van der Waals surface area contributed by atoms with Crippen LogP contribution in [0.3, 0.4) is 0 Å². The number of carbonyl (C=O) groups excluding carboxylic acids is 1. The summed E-state index contributed by atoms with van der Waals surface area (Å²) in [5.74, 6) is -0.531. The third-order valence-corrected chi connectivity index (χ3v) is 6.97. The summed E-state index contributed by atoms with van der Waals surface area (Å²) in [6.45, 7) is 1.70. The number of benzene rings is 2. The number of rotatable bonds is 5. The molecule has 2 aromatic carbocycles. The summed E-state index contributed by atoms with van der Waals surface area (Å²) in [5, 5.41) is 2.88. The van der Waals surface area contributed by atoms with E-state index in [2.05, 4.69) is 5.32 Å². The van der Waals surface area contributed by atoms with E-state index in [-0.39, 0.29) is 22.7 Å². The summed E-state index contributed by atoms with van der Waals surface area (Å²) < 4.78 is 40.5. The van der Waals surface area contributed by atoms with Crippen LogP contribution in [0, 0.1) is 5.82 Å². The van der Waals surface area contributed by atoms with Crippen LogP contribution in [0.4, 0.5) is 10.1 Å². The van der Waals surface area contributed by atoms with Crippen LogP contribution < -0.4 is 10.2 Å². The molecule has 4 rings (SSSR count). The molecule has 0 radical (unpaired) electrons. The van der Waals surface area contributed by atoms with Gasteiger partial charge in [-0.1, -0.05) is 6.07 Å². The molecule has 0 bridgehead atoms. The molecule has 0 spiro atoms. The molecule has 2 fully saturated rings. The lowest BCUT2D eigenvalue weighted by Crippen LogP contribution is -2.48. The van der Waals surface area contributed by atoms with Crippen LogP contribution in [0.15, 0.2) is 53.4 Å². The van der Waals surface area contributed by atoms with Crippen molar-refractivity contribution in [2.75, 3.05) is 31.1 Å². The summed E-state index contributed by atoms with van der Waals surface area (Å²) in [5.41, 5.74) is 1.23. The maximum Gasteiger partial charge on any atom is 0.251 e. The van der Waals surface area contributed by atoms with Gasteiger partial charge in [-0.3, -0.25) is 4.79 Å². The third kappa shape index (κ3) is 4.02. The van der Waals surface area contributed by atoms with Crippen LogP contribution in [0.25, 0.3) is 0 Å². The molecule has 8 heteroatoms. The normalized spacial score (nSPS) is 18.1. The van der Waals surface area contributed by atoms with Crippen molar-refractivity contribution < 1.29 is 17.6 Å². The molecule has 1 saturated carbocycles. The van der Waals surface area contributed by atoms with Gasteiger partial charge < -0.3 is 10.2 Å². The van der Waals surface area contributed by atoms with Crippen LogP contribution in [0.5, 0.6) is 0 Å². The molecule has 0 atom stereocenters. The first-order chi connectivity index (χ1) is 13.4. The van der Waals surface area contributed by atoms with E-state index in [1.54, 1.807) is 24.3 Å². The van der Waals surface area contributed by atoms with Crippen molar-refractivity contribution in [1.82, 2.24) is 9.62 Å². The topological polar surface area (TPSA) is 69.7 Å². The van der Waals surface area contributed by atoms with Gasteiger partial charge in [-0.05, 0) is 55.3 Å². The average molecular weight is 403 g/mol. The number of piperazine rings is 1. The number of nitrogens with one attached hydrogen (secondary N) is 1. The van der Waals surface area contributed by atoms with Crippen molar-refractivity contribution in [3.05, 3.63) is 59.9 Å². The van der Waals surface area contributed by atoms with E-state index in [9.17, 15) is 17.6 Å². The first-order valence-electron chi connectivity index (χ1n) is 9.35. The average Bonchev–Trinajstić information content (AvgIpc) is 3.53. The van der Waals surface area contributed by atoms with Gasteiger partial charge in [0.1, 0.15) is 5.82 Å². The number of hydrogen-bond acceptors (Lipinski definition) is 4. The van der Waals surface area contributed by atoms with Gasteiger partial charge in [0.2, 0.25) is 10.0 Å². The summed E-state index contributed by atoms with van der Waals surface area (Å²) in [6, 6.07) is 12.6. The van der Waals surface area contributed by atoms with Crippen molar-refractivity contribution >= 4 is 21.6 Å². The van der Waals surface area contributed by atoms with E-state index in [0.29, 0.717) is 31.7 Å². The quantitative estimate of drug-likeness (QED) is 0.831. The van der Waals surface area contributed by atoms with Crippen LogP contribution in [-0.2, 0) is 10.0 Å². The van der Waals surface area contributed by atoms with Crippen molar-refractivity contribution in [2.45, 2.75) is 23.8 Å². The first kappa shape index (κ1) is 18.9. The van der Waals surface area contributed by atoms with Gasteiger partial charge in [0, 0.05) is 43.5 Å². The number of halogens is 1. The molecular formula is C20H22FN3O3S. The van der Waals surface area contributed by atoms with Gasteiger partial charge in [-0.25, -0.2) is 12.8 Å². The number of anilines is 1. The van der Waals surface area contributed by atoms with E-state index in [1.807, 2.05) is 4.90 Å². The highest BCUT2D eigenvalue weighted by Crippen LogP contribution is 2.23. The summed E-state index contributed by atoms with van der Waals surface area (Å²) >= 11 is 0. The third-order valence-electron chi connectivity index (χ3n) is 5.08. The van der Waals surface area contributed by atoms with Gasteiger partial charge in [0.05, 0.1) is 4.90 Å². The molecule has 1 N–H and O–H groups in total. The largest absolute Gasteiger partial charge is 0.369 e. The Hall–Kier alpha value is -2.45. The van der Waals surface area contributed by atoms with E-state index in [4.69, 9.17) is 0 Å². The predicted octanol–water partition coefficient (Wildman–Crippen LogP) is 2.23. The molecular weight excluding hydrogens is 381 g/mol. The Morgan fingerprint density at radius 2 is 1.68 bits per heavy atom. The van der Waals surface area contributed by atoms with Gasteiger partial charge in [0.25, 0.3) is 5.91 Å². The molecule has 1 aliphatic heterocycles. The smallest absolute Gasteiger partial charge is 0.251 e. The zero-order valence-electron chi connectivity index (χ0n) is 15.3. The van der Waals surface area contributed by atoms with Crippen LogP contribution >= 0.6 is 0 Å². The number of hydrogen-bond donors (Lipinski definition) is 1. The Morgan fingerprint density at radius 1 is 1.00 bits per heavy atom. The van der Waals surface area contributed by atoms with Crippen molar-refractivity contribution in [2.24, 2.45) is 0 Å². The number of nitrogens with zero attached hydrogens (tertiary/aromatic N) is 2. The molecule has 2 aliphatic rings. The fourth-order valence-corrected chi connectivity index (χ4v) is 4.75. The van der Waals surface area contributed by atoms with E-state index in [1.165, 1.54) is 28.6 Å². The summed E-state index contributed by atoms with van der Waals surface area (Å²) in [4.78, 5) is 14.4. The fraction of sp³-hybridized carbons (Fsp3) is 0.350. The maximum absolute atomic E-state index is 13.1. The van der Waals surface area contributed by atoms with Gasteiger partial charge in [-0.2, -0.15) is 4.31 Å². The van der Waals surface area contributed by atoms with Gasteiger partial charge in [-0.15, -0.1) is 0 Å². The minimum absolute atomic E-state index is 0.131. The van der Waals surface area contributed by atoms with Crippen molar-refractivity contribution in [1.29, 1.82) is 0 Å². The molecule has 1 saturated heterocycles. The molecule has 28 heavy (non-hydrogen) atoms. The lowest BCUT2D eigenvalue weighted by atomic mass is 10.2. The zero-order valence-corrected chi connectivity index (χ0v) is 16.2. The Labute approximate surface area is 164 Å². The van der Waals surface area contributed by atoms with E-state index >= 15 is 0 Å². The number of carbonyl (C=O) groups is 1. The van der Waals surface area contributed by atoms with Crippen molar-refractivity contribution in [3.8, 4) is 0 Å². The second-order valence-corrected chi connectivity index (χ2v) is 9.08. The Morgan fingerprint density at radius 3 is 2.32 bits per heavy atom. The minimum atomic E-state index is -3.68. The zero-order chi connectivity index (χ0) is 19.7. The lowest BCUT2D eigenvalue weighted by Gasteiger charge is -2.35. The summed E-state index contributed by atoms with van der Waals surface area (Å²) in [6.07, 6.45) is 1.95. The first-order valence-corrected chi connectivity index (χ1v) is 10.8. The fourth-order valence-electron chi connectivity index (χ4n) is 3.28. The molecule has 0 unspecified atom stereocenters. The molecule has 0 aromatic heterocycles. The molecule has 148 valence electrons. The molecule has 2 aromatic rings. The van der Waals surface area contributed by atoms with Crippen molar-refractivity contribution in [3.63, 3.8) is 0 Å². The van der Waals surface area contributed by atoms with Crippen LogP contribution in [0.2, 0.25) is 0 Å². The van der Waals surface area contributed by atoms with Crippen LogP contribution in [0.1, 0.15) is 23.2 Å². The molecule has 1 heterocycles. The van der Waals surface area contributed by atoms with E-state index in [0.717, 1.165) is 18.5 Å². The van der Waals surface area contributed by atoms with Gasteiger partial charge >= 0.3 is 0 Å². The number of sulfonamides is 1. The second-order valence-electron chi connectivity index (χ2n) is 7.14. The molecule has 6 nitrogen and oxygen atoms in total. The van der Waals surface area contributed by atoms with E-state index < -0.39 is 10.0 Å². The SMILES string of the molecule is O=C(NC1CC1)c1cccc(S(=O)(=O)N2CCN(c3ccc(F)cc3)CC2)c1. The highest BCUT2D eigenvalue weighted by molar-refractivity contribution is 7.89. The Bertz CT molecular complexity index is 966. The molecule has 1 amide bonds.